The van der Waals surface area contributed by atoms with Crippen LogP contribution < -0.4 is 15.1 Å². The van der Waals surface area contributed by atoms with Gasteiger partial charge in [-0.05, 0) is 41.4 Å². The summed E-state index contributed by atoms with van der Waals surface area (Å²) in [5.74, 6) is 0. The minimum absolute atomic E-state index is 0.00383. The van der Waals surface area contributed by atoms with E-state index in [1.165, 1.54) is 39.3 Å². The zero-order valence-corrected chi connectivity index (χ0v) is 18.3. The van der Waals surface area contributed by atoms with Crippen molar-refractivity contribution >= 4 is 35.2 Å². The van der Waals surface area contributed by atoms with E-state index in [0.717, 1.165) is 0 Å². The van der Waals surface area contributed by atoms with Crippen molar-refractivity contribution in [2.45, 2.75) is 0 Å². The zero-order chi connectivity index (χ0) is 22.0. The van der Waals surface area contributed by atoms with Crippen LogP contribution in [0.2, 0.25) is 0 Å². The predicted octanol–water partition coefficient (Wildman–Crippen LogP) is 7.04. The summed E-state index contributed by atoms with van der Waals surface area (Å²) >= 11 is 0. The maximum atomic E-state index is 2.49. The number of anilines is 4. The van der Waals surface area contributed by atoms with Crippen molar-refractivity contribution in [2.75, 3.05) is 9.62 Å². The molecule has 6 rings (SSSR count). The molecule has 3 heteroatoms. The molecular weight excluding hydrogens is 399 g/mol. The summed E-state index contributed by atoms with van der Waals surface area (Å²) in [5, 5.41) is 0. The Morgan fingerprint density at radius 2 is 0.939 bits per heavy atom. The van der Waals surface area contributed by atoms with Gasteiger partial charge >= 0.3 is 6.98 Å². The molecule has 0 bridgehead atoms. The molecule has 0 aromatic heterocycles. The lowest BCUT2D eigenvalue weighted by molar-refractivity contribution is 1.39. The third kappa shape index (κ3) is 3.39. The van der Waals surface area contributed by atoms with Crippen LogP contribution in [0.3, 0.4) is 0 Å². The van der Waals surface area contributed by atoms with Crippen molar-refractivity contribution in [3.05, 3.63) is 140 Å². The Hall–Kier alpha value is -4.24. The van der Waals surface area contributed by atoms with E-state index in [4.69, 9.17) is 0 Å². The fourth-order valence-electron chi connectivity index (χ4n) is 4.85. The molecule has 0 radical (unpaired) electrons. The van der Waals surface area contributed by atoms with Crippen molar-refractivity contribution in [1.82, 2.24) is 0 Å². The standard InChI is InChI=1S/C30H23BN2/c1-5-14-24(15-6-1)28-22-13-23-29-30(28)33(27-20-11-4-12-21-27)31(25-16-7-2-8-17-25)32(29)26-18-9-3-10-19-26/h1-23H. The smallest absolute Gasteiger partial charge is 0.360 e. The van der Waals surface area contributed by atoms with Crippen molar-refractivity contribution in [3.63, 3.8) is 0 Å². The lowest BCUT2D eigenvalue weighted by Crippen LogP contribution is -2.53. The molecule has 0 aliphatic carbocycles. The van der Waals surface area contributed by atoms with Crippen molar-refractivity contribution in [1.29, 1.82) is 0 Å². The van der Waals surface area contributed by atoms with Crippen LogP contribution in [0.4, 0.5) is 22.7 Å². The molecule has 0 unspecified atom stereocenters. The van der Waals surface area contributed by atoms with Crippen LogP contribution in [-0.2, 0) is 0 Å². The first-order chi connectivity index (χ1) is 16.4. The summed E-state index contributed by atoms with van der Waals surface area (Å²) in [6, 6.07) is 49.6. The van der Waals surface area contributed by atoms with Crippen LogP contribution in [-0.4, -0.2) is 6.98 Å². The number of nitrogens with zero attached hydrogens (tertiary/aromatic N) is 2. The predicted molar refractivity (Wildman–Crippen MR) is 141 cm³/mol. The summed E-state index contributed by atoms with van der Waals surface area (Å²) in [7, 11) is 0. The van der Waals surface area contributed by atoms with E-state index < -0.39 is 0 Å². The number of hydrogen-bond donors (Lipinski definition) is 0. The first kappa shape index (κ1) is 19.5. The van der Waals surface area contributed by atoms with Crippen LogP contribution in [0.1, 0.15) is 0 Å². The highest BCUT2D eigenvalue weighted by atomic mass is 15.3. The highest BCUT2D eigenvalue weighted by molar-refractivity contribution is 6.84. The normalized spacial score (nSPS) is 12.7. The molecule has 0 atom stereocenters. The van der Waals surface area contributed by atoms with Crippen LogP contribution in [0, 0.1) is 0 Å². The summed E-state index contributed by atoms with van der Waals surface area (Å²) in [6.07, 6.45) is 0. The van der Waals surface area contributed by atoms with Gasteiger partial charge in [-0.25, -0.2) is 0 Å². The third-order valence-electron chi connectivity index (χ3n) is 6.26. The Bertz CT molecular complexity index is 1360. The van der Waals surface area contributed by atoms with Gasteiger partial charge in [-0.3, -0.25) is 0 Å². The molecule has 0 saturated heterocycles. The summed E-state index contributed by atoms with van der Waals surface area (Å²) in [5.41, 5.74) is 8.49. The second-order valence-corrected chi connectivity index (χ2v) is 8.23. The van der Waals surface area contributed by atoms with Crippen molar-refractivity contribution in [3.8, 4) is 11.1 Å². The van der Waals surface area contributed by atoms with Gasteiger partial charge in [0.1, 0.15) is 0 Å². The molecule has 33 heavy (non-hydrogen) atoms. The van der Waals surface area contributed by atoms with Crippen LogP contribution in [0.5, 0.6) is 0 Å². The Labute approximate surface area is 195 Å². The number of rotatable bonds is 4. The molecule has 1 aliphatic rings. The third-order valence-corrected chi connectivity index (χ3v) is 6.26. The highest BCUT2D eigenvalue weighted by Gasteiger charge is 2.44. The van der Waals surface area contributed by atoms with Gasteiger partial charge in [-0.15, -0.1) is 0 Å². The second-order valence-electron chi connectivity index (χ2n) is 8.23. The SMILES string of the molecule is c1ccc(B2N(c3ccccc3)c3cccc(-c4ccccc4)c3N2c2ccccc2)cc1. The van der Waals surface area contributed by atoms with Gasteiger partial charge in [0.15, 0.2) is 0 Å². The second kappa shape index (κ2) is 8.36. The minimum atomic E-state index is -0.00383. The van der Waals surface area contributed by atoms with E-state index in [0.29, 0.717) is 0 Å². The highest BCUT2D eigenvalue weighted by Crippen LogP contribution is 2.50. The fraction of sp³-hybridized carbons (Fsp3) is 0. The molecule has 0 spiro atoms. The Balaban J connectivity index is 1.67. The molecule has 5 aromatic rings. The average molecular weight is 422 g/mol. The van der Waals surface area contributed by atoms with E-state index in [1.54, 1.807) is 0 Å². The van der Waals surface area contributed by atoms with Gasteiger partial charge in [0.25, 0.3) is 0 Å². The molecule has 0 fully saturated rings. The summed E-state index contributed by atoms with van der Waals surface area (Å²) in [4.78, 5) is 4.95. The maximum absolute atomic E-state index is 2.49. The van der Waals surface area contributed by atoms with E-state index in [9.17, 15) is 0 Å². The van der Waals surface area contributed by atoms with Crippen molar-refractivity contribution in [2.24, 2.45) is 0 Å². The van der Waals surface area contributed by atoms with E-state index >= 15 is 0 Å². The number of benzene rings is 5. The van der Waals surface area contributed by atoms with Gasteiger partial charge in [0.2, 0.25) is 0 Å². The summed E-state index contributed by atoms with van der Waals surface area (Å²) < 4.78 is 0. The van der Waals surface area contributed by atoms with Gasteiger partial charge in [0.05, 0.1) is 11.4 Å². The topological polar surface area (TPSA) is 6.48 Å². The number of para-hydroxylation sites is 3. The summed E-state index contributed by atoms with van der Waals surface area (Å²) in [6.45, 7) is -0.00383. The van der Waals surface area contributed by atoms with Gasteiger partial charge in [-0.2, -0.15) is 0 Å². The van der Waals surface area contributed by atoms with E-state index in [2.05, 4.69) is 149 Å². The first-order valence-electron chi connectivity index (χ1n) is 11.3. The van der Waals surface area contributed by atoms with Gasteiger partial charge in [-0.1, -0.05) is 109 Å². The molecule has 0 saturated carbocycles. The molecule has 0 N–H and O–H groups in total. The van der Waals surface area contributed by atoms with Gasteiger partial charge < -0.3 is 9.62 Å². The van der Waals surface area contributed by atoms with Crippen LogP contribution in [0.15, 0.2) is 140 Å². The molecule has 1 heterocycles. The molecule has 2 nitrogen and oxygen atoms in total. The average Bonchev–Trinajstić information content (AvgIpc) is 3.26. The maximum Gasteiger partial charge on any atom is 0.420 e. The lowest BCUT2D eigenvalue weighted by Gasteiger charge is -2.30. The molecular formula is C30H23BN2. The lowest BCUT2D eigenvalue weighted by atomic mass is 9.64. The molecule has 0 amide bonds. The minimum Gasteiger partial charge on any atom is -0.360 e. The fourth-order valence-corrected chi connectivity index (χ4v) is 4.85. The Morgan fingerprint density at radius 3 is 1.55 bits per heavy atom. The quantitative estimate of drug-likeness (QED) is 0.287. The molecule has 156 valence electrons. The van der Waals surface area contributed by atoms with E-state index in [1.807, 2.05) is 0 Å². The Morgan fingerprint density at radius 1 is 0.424 bits per heavy atom. The Kier molecular flexibility index (Phi) is 4.93. The van der Waals surface area contributed by atoms with Crippen molar-refractivity contribution < 1.29 is 0 Å². The molecule has 5 aromatic carbocycles. The molecule has 1 aliphatic heterocycles. The number of hydrogen-bond acceptors (Lipinski definition) is 2. The number of fused-ring (bicyclic) bond motifs is 1. The monoisotopic (exact) mass is 422 g/mol. The van der Waals surface area contributed by atoms with Crippen LogP contribution in [0.25, 0.3) is 11.1 Å². The van der Waals surface area contributed by atoms with Crippen LogP contribution >= 0.6 is 0 Å². The van der Waals surface area contributed by atoms with Gasteiger partial charge in [0, 0.05) is 16.9 Å². The zero-order valence-electron chi connectivity index (χ0n) is 18.3. The largest absolute Gasteiger partial charge is 0.420 e. The first-order valence-corrected chi connectivity index (χ1v) is 11.3. The van der Waals surface area contributed by atoms with E-state index in [-0.39, 0.29) is 6.98 Å².